The Morgan fingerprint density at radius 3 is 2.50 bits per heavy atom. The van der Waals surface area contributed by atoms with Gasteiger partial charge in [0.05, 0.1) is 6.10 Å². The third-order valence-corrected chi connectivity index (χ3v) is 3.86. The van der Waals surface area contributed by atoms with Gasteiger partial charge >= 0.3 is 0 Å². The summed E-state index contributed by atoms with van der Waals surface area (Å²) in [6.07, 6.45) is -0.0996. The summed E-state index contributed by atoms with van der Waals surface area (Å²) in [7, 11) is 0. The lowest BCUT2D eigenvalue weighted by atomic mass is 10.1. The van der Waals surface area contributed by atoms with Crippen LogP contribution < -0.4 is 10.6 Å². The van der Waals surface area contributed by atoms with Crippen molar-refractivity contribution in [2.75, 3.05) is 19.6 Å². The lowest BCUT2D eigenvalue weighted by Crippen LogP contribution is -2.34. The first-order chi connectivity index (χ1) is 10.1. The highest BCUT2D eigenvalue weighted by molar-refractivity contribution is 6.30. The number of aliphatic hydroxyl groups excluding tert-OH is 1. The molecule has 1 heterocycles. The molecular weight excluding hydrogens is 327 g/mol. The van der Waals surface area contributed by atoms with E-state index in [2.05, 4.69) is 10.6 Å². The molecule has 1 amide bonds. The Labute approximate surface area is 140 Å². The number of carbonyl (C=O) groups is 2. The summed E-state index contributed by atoms with van der Waals surface area (Å²) in [5, 5.41) is 16.0. The second-order valence-corrected chi connectivity index (χ2v) is 5.66. The Morgan fingerprint density at radius 2 is 1.91 bits per heavy atom. The number of rotatable bonds is 6. The van der Waals surface area contributed by atoms with E-state index in [9.17, 15) is 14.7 Å². The zero-order valence-electron chi connectivity index (χ0n) is 12.0. The number of benzene rings is 1. The minimum atomic E-state index is -0.416. The molecule has 0 aliphatic carbocycles. The third kappa shape index (κ3) is 5.57. The van der Waals surface area contributed by atoms with Crippen molar-refractivity contribution in [1.29, 1.82) is 0 Å². The van der Waals surface area contributed by atoms with E-state index in [0.717, 1.165) is 0 Å². The molecule has 3 N–H and O–H groups in total. The largest absolute Gasteiger partial charge is 0.391 e. The van der Waals surface area contributed by atoms with Crippen LogP contribution in [0.1, 0.15) is 23.2 Å². The molecule has 0 aromatic heterocycles. The van der Waals surface area contributed by atoms with Gasteiger partial charge in [0, 0.05) is 49.0 Å². The Bertz CT molecular complexity index is 508. The van der Waals surface area contributed by atoms with Gasteiger partial charge in [0.25, 0.3) is 0 Å². The van der Waals surface area contributed by atoms with Crippen molar-refractivity contribution in [3.05, 3.63) is 34.9 Å². The molecule has 122 valence electrons. The number of hydrogen-bond acceptors (Lipinski definition) is 4. The number of hydrogen-bond donors (Lipinski definition) is 3. The number of ketones is 1. The Balaban J connectivity index is 0.00000242. The smallest absolute Gasteiger partial charge is 0.220 e. The number of aliphatic hydroxyl groups is 1. The maximum absolute atomic E-state index is 11.9. The Kier molecular flexibility index (Phi) is 7.82. The van der Waals surface area contributed by atoms with E-state index in [1.807, 2.05) is 0 Å². The number of amides is 1. The average Bonchev–Trinajstić information content (AvgIpc) is 2.88. The molecule has 1 aromatic rings. The van der Waals surface area contributed by atoms with E-state index in [4.69, 9.17) is 11.6 Å². The highest BCUT2D eigenvalue weighted by Crippen LogP contribution is 2.12. The Hall–Kier alpha value is -1.14. The molecule has 0 saturated carbocycles. The van der Waals surface area contributed by atoms with Gasteiger partial charge in [0.15, 0.2) is 5.78 Å². The predicted octanol–water partition coefficient (Wildman–Crippen LogP) is 1.42. The van der Waals surface area contributed by atoms with Crippen LogP contribution in [0.5, 0.6) is 0 Å². The molecule has 2 rings (SSSR count). The summed E-state index contributed by atoms with van der Waals surface area (Å²) in [5.41, 5.74) is 0.558. The number of carbonyl (C=O) groups excluding carboxylic acids is 2. The first kappa shape index (κ1) is 18.9. The van der Waals surface area contributed by atoms with Crippen molar-refractivity contribution in [2.24, 2.45) is 5.92 Å². The second-order valence-electron chi connectivity index (χ2n) is 5.22. The van der Waals surface area contributed by atoms with E-state index in [-0.39, 0.29) is 42.9 Å². The monoisotopic (exact) mass is 346 g/mol. The molecule has 22 heavy (non-hydrogen) atoms. The molecule has 1 aliphatic rings. The van der Waals surface area contributed by atoms with Crippen LogP contribution in [0.4, 0.5) is 0 Å². The van der Waals surface area contributed by atoms with Gasteiger partial charge in [-0.1, -0.05) is 11.6 Å². The normalized spacial score (nSPS) is 20.3. The van der Waals surface area contributed by atoms with Crippen molar-refractivity contribution in [3.63, 3.8) is 0 Å². The summed E-state index contributed by atoms with van der Waals surface area (Å²) in [5.74, 6) is -0.207. The second kappa shape index (κ2) is 9.10. The summed E-state index contributed by atoms with van der Waals surface area (Å²) in [6.45, 7) is 1.70. The van der Waals surface area contributed by atoms with E-state index >= 15 is 0 Å². The van der Waals surface area contributed by atoms with Crippen LogP contribution >= 0.6 is 24.0 Å². The minimum absolute atomic E-state index is 0. The first-order valence-electron chi connectivity index (χ1n) is 7.00. The molecule has 1 saturated heterocycles. The molecule has 1 aromatic carbocycles. The summed E-state index contributed by atoms with van der Waals surface area (Å²) in [4.78, 5) is 23.6. The van der Waals surface area contributed by atoms with Crippen LogP contribution in [0.15, 0.2) is 24.3 Å². The van der Waals surface area contributed by atoms with Gasteiger partial charge in [-0.3, -0.25) is 9.59 Å². The molecular formula is C15H20Cl2N2O3. The maximum Gasteiger partial charge on any atom is 0.220 e. The number of Topliss-reactive ketones (excluding diaryl/α,β-unsaturated/α-hetero) is 1. The molecule has 1 aliphatic heterocycles. The van der Waals surface area contributed by atoms with Gasteiger partial charge in [-0.05, 0) is 24.3 Å². The number of halogens is 2. The maximum atomic E-state index is 11.9. The van der Waals surface area contributed by atoms with Crippen molar-refractivity contribution in [1.82, 2.24) is 10.6 Å². The van der Waals surface area contributed by atoms with E-state index in [1.165, 1.54) is 0 Å². The standard InChI is InChI=1S/C15H19ClN2O3.ClH/c16-12-3-1-10(2-4-12)13(19)5-6-15(21)18-8-11-7-17-9-14(11)20;/h1-4,11,14,17,20H,5-9H2,(H,18,21);1H. The van der Waals surface area contributed by atoms with Gasteiger partial charge in [0.1, 0.15) is 0 Å². The van der Waals surface area contributed by atoms with Crippen molar-refractivity contribution < 1.29 is 14.7 Å². The zero-order valence-corrected chi connectivity index (χ0v) is 13.6. The lowest BCUT2D eigenvalue weighted by molar-refractivity contribution is -0.121. The fraction of sp³-hybridized carbons (Fsp3) is 0.467. The highest BCUT2D eigenvalue weighted by atomic mass is 35.5. The molecule has 2 unspecified atom stereocenters. The van der Waals surface area contributed by atoms with Crippen molar-refractivity contribution in [2.45, 2.75) is 18.9 Å². The molecule has 0 bridgehead atoms. The van der Waals surface area contributed by atoms with Crippen LogP contribution in [0.3, 0.4) is 0 Å². The van der Waals surface area contributed by atoms with Gasteiger partial charge in [-0.25, -0.2) is 0 Å². The van der Waals surface area contributed by atoms with Crippen LogP contribution in [-0.2, 0) is 4.79 Å². The molecule has 1 fully saturated rings. The molecule has 0 radical (unpaired) electrons. The van der Waals surface area contributed by atoms with Crippen LogP contribution in [-0.4, -0.2) is 42.5 Å². The lowest BCUT2D eigenvalue weighted by Gasteiger charge is -2.13. The summed E-state index contributed by atoms with van der Waals surface area (Å²) in [6, 6.07) is 6.62. The summed E-state index contributed by atoms with van der Waals surface area (Å²) >= 11 is 5.76. The van der Waals surface area contributed by atoms with Crippen LogP contribution in [0, 0.1) is 5.92 Å². The van der Waals surface area contributed by atoms with Crippen molar-refractivity contribution in [3.8, 4) is 0 Å². The van der Waals surface area contributed by atoms with E-state index in [0.29, 0.717) is 30.2 Å². The number of β-amino-alcohol motifs (C(OH)–C–C–N with tert-alkyl or cyclic N) is 1. The van der Waals surface area contributed by atoms with Gasteiger partial charge in [-0.15, -0.1) is 12.4 Å². The molecule has 2 atom stereocenters. The first-order valence-corrected chi connectivity index (χ1v) is 7.38. The quantitative estimate of drug-likeness (QED) is 0.680. The zero-order chi connectivity index (χ0) is 15.2. The van der Waals surface area contributed by atoms with Gasteiger partial charge in [-0.2, -0.15) is 0 Å². The fourth-order valence-corrected chi connectivity index (χ4v) is 2.39. The summed E-state index contributed by atoms with van der Waals surface area (Å²) < 4.78 is 0. The topological polar surface area (TPSA) is 78.4 Å². The SMILES string of the molecule is Cl.O=C(CCC(=O)c1ccc(Cl)cc1)NCC1CNCC1O. The average molecular weight is 347 g/mol. The fourth-order valence-electron chi connectivity index (χ4n) is 2.27. The molecule has 0 spiro atoms. The van der Waals surface area contributed by atoms with Crippen LogP contribution in [0.25, 0.3) is 0 Å². The van der Waals surface area contributed by atoms with E-state index in [1.54, 1.807) is 24.3 Å². The predicted molar refractivity (Wildman–Crippen MR) is 87.6 cm³/mol. The van der Waals surface area contributed by atoms with Gasteiger partial charge < -0.3 is 15.7 Å². The van der Waals surface area contributed by atoms with E-state index < -0.39 is 6.10 Å². The highest BCUT2D eigenvalue weighted by Gasteiger charge is 2.24. The van der Waals surface area contributed by atoms with Gasteiger partial charge in [0.2, 0.25) is 5.91 Å². The molecule has 5 nitrogen and oxygen atoms in total. The van der Waals surface area contributed by atoms with Crippen molar-refractivity contribution >= 4 is 35.7 Å². The Morgan fingerprint density at radius 1 is 1.23 bits per heavy atom. The third-order valence-electron chi connectivity index (χ3n) is 3.61. The number of nitrogens with one attached hydrogen (secondary N) is 2. The minimum Gasteiger partial charge on any atom is -0.391 e. The molecule has 7 heteroatoms. The van der Waals surface area contributed by atoms with Crippen LogP contribution in [0.2, 0.25) is 5.02 Å².